The van der Waals surface area contributed by atoms with Crippen LogP contribution in [0.2, 0.25) is 0 Å². The van der Waals surface area contributed by atoms with Gasteiger partial charge in [-0.3, -0.25) is 0 Å². The number of fused-ring (bicyclic) bond motifs is 3. The number of aryl methyl sites for hydroxylation is 3. The zero-order chi connectivity index (χ0) is 21.6. The van der Waals surface area contributed by atoms with Gasteiger partial charge >= 0.3 is 0 Å². The fourth-order valence-electron chi connectivity index (χ4n) is 3.55. The Morgan fingerprint density at radius 2 is 1.23 bits per heavy atom. The molecule has 0 unspecified atom stereocenters. The first-order valence-electron chi connectivity index (χ1n) is 10.6. The summed E-state index contributed by atoms with van der Waals surface area (Å²) in [6, 6.07) is 20.4. The van der Waals surface area contributed by atoms with Crippen molar-refractivity contribution in [2.75, 3.05) is 19.8 Å². The van der Waals surface area contributed by atoms with Gasteiger partial charge in [-0.2, -0.15) is 0 Å². The number of benzene rings is 3. The number of ether oxygens (including phenoxy) is 3. The van der Waals surface area contributed by atoms with Crippen LogP contribution in [-0.2, 0) is 6.42 Å². The van der Waals surface area contributed by atoms with Gasteiger partial charge in [0.15, 0.2) is 11.5 Å². The maximum absolute atomic E-state index is 5.38. The Hall–Kier alpha value is -3.40. The third kappa shape index (κ3) is 5.40. The maximum Gasteiger partial charge on any atom is 0.161 e. The van der Waals surface area contributed by atoms with E-state index in [1.165, 1.54) is 27.6 Å². The third-order valence-electron chi connectivity index (χ3n) is 5.15. The van der Waals surface area contributed by atoms with Gasteiger partial charge in [-0.05, 0) is 68.3 Å². The summed E-state index contributed by atoms with van der Waals surface area (Å²) in [4.78, 5) is 0. The number of hydrogen-bond donors (Lipinski definition) is 0. The Balaban J connectivity index is 0.000000112. The molecule has 0 bridgehead atoms. The lowest BCUT2D eigenvalue weighted by atomic mass is 10.1. The Bertz CT molecular complexity index is 1160. The van der Waals surface area contributed by atoms with E-state index in [1.807, 2.05) is 43.3 Å². The molecule has 1 aromatic heterocycles. The van der Waals surface area contributed by atoms with E-state index in [0.29, 0.717) is 13.2 Å². The molecule has 4 aromatic rings. The molecule has 160 valence electrons. The van der Waals surface area contributed by atoms with Crippen LogP contribution >= 0.6 is 0 Å². The van der Waals surface area contributed by atoms with Gasteiger partial charge in [0.2, 0.25) is 0 Å². The molecule has 0 saturated carbocycles. The number of furan rings is 1. The van der Waals surface area contributed by atoms with Crippen LogP contribution in [0, 0.1) is 20.8 Å². The summed E-state index contributed by atoms with van der Waals surface area (Å²) >= 11 is 0. The van der Waals surface area contributed by atoms with Crippen LogP contribution in [0.5, 0.6) is 17.2 Å². The second-order valence-electron chi connectivity index (χ2n) is 7.82. The molecule has 0 atom stereocenters. The quantitative estimate of drug-likeness (QED) is 0.331. The molecule has 3 aromatic carbocycles. The lowest BCUT2D eigenvalue weighted by Gasteiger charge is -2.18. The SMILES string of the molecule is Cc1ccc2c(c1)CCO2.Cc1ccc2c(c1)OCCO2.Cc1ccc2occc2c1. The van der Waals surface area contributed by atoms with E-state index in [9.17, 15) is 0 Å². The van der Waals surface area contributed by atoms with Crippen molar-refractivity contribution < 1.29 is 18.6 Å². The molecule has 0 amide bonds. The number of rotatable bonds is 0. The second-order valence-corrected chi connectivity index (χ2v) is 7.82. The highest BCUT2D eigenvalue weighted by molar-refractivity contribution is 5.77. The minimum absolute atomic E-state index is 0.663. The van der Waals surface area contributed by atoms with Crippen LogP contribution in [0.15, 0.2) is 71.3 Å². The monoisotopic (exact) mass is 416 g/mol. The molecule has 0 saturated heterocycles. The Kier molecular flexibility index (Phi) is 6.46. The Labute approximate surface area is 183 Å². The summed E-state index contributed by atoms with van der Waals surface area (Å²) in [5, 5.41) is 1.18. The Morgan fingerprint density at radius 3 is 2.06 bits per heavy atom. The van der Waals surface area contributed by atoms with Crippen LogP contribution in [0.25, 0.3) is 11.0 Å². The fraction of sp³-hybridized carbons (Fsp3) is 0.259. The molecule has 2 aliphatic heterocycles. The maximum atomic E-state index is 5.38. The van der Waals surface area contributed by atoms with Crippen LogP contribution in [0.1, 0.15) is 22.3 Å². The van der Waals surface area contributed by atoms with E-state index in [2.05, 4.69) is 38.1 Å². The largest absolute Gasteiger partial charge is 0.493 e. The minimum Gasteiger partial charge on any atom is -0.493 e. The van der Waals surface area contributed by atoms with E-state index in [-0.39, 0.29) is 0 Å². The first-order valence-corrected chi connectivity index (χ1v) is 10.6. The first-order chi connectivity index (χ1) is 15.1. The topological polar surface area (TPSA) is 40.8 Å². The highest BCUT2D eigenvalue weighted by atomic mass is 16.6. The zero-order valence-electron chi connectivity index (χ0n) is 18.3. The van der Waals surface area contributed by atoms with Gasteiger partial charge in [0.05, 0.1) is 12.9 Å². The molecule has 2 aliphatic rings. The fourth-order valence-corrected chi connectivity index (χ4v) is 3.55. The normalized spacial score (nSPS) is 13.3. The molecular weight excluding hydrogens is 388 g/mol. The van der Waals surface area contributed by atoms with Gasteiger partial charge in [0.1, 0.15) is 24.5 Å². The predicted octanol–water partition coefficient (Wildman–Crippen LogP) is 6.44. The van der Waals surface area contributed by atoms with E-state index in [4.69, 9.17) is 18.6 Å². The standard InChI is InChI=1S/C9H10O2.C9H10O.C9H8O/c1-7-2-3-8-9(6-7)11-5-4-10-8;2*1-7-2-3-9-8(6-7)4-5-10-9/h2-3,6H,4-5H2,1H3;2-3,6H,4-5H2,1H3;2-6H,1H3. The number of hydrogen-bond acceptors (Lipinski definition) is 4. The van der Waals surface area contributed by atoms with Crippen molar-refractivity contribution >= 4 is 11.0 Å². The Morgan fingerprint density at radius 1 is 0.581 bits per heavy atom. The summed E-state index contributed by atoms with van der Waals surface area (Å²) in [5.74, 6) is 2.81. The molecule has 0 aliphatic carbocycles. The van der Waals surface area contributed by atoms with Crippen molar-refractivity contribution in [3.05, 3.63) is 89.2 Å². The molecule has 3 heterocycles. The van der Waals surface area contributed by atoms with Gasteiger partial charge in [-0.25, -0.2) is 0 Å². The van der Waals surface area contributed by atoms with Crippen molar-refractivity contribution in [3.8, 4) is 17.2 Å². The molecule has 31 heavy (non-hydrogen) atoms. The van der Waals surface area contributed by atoms with E-state index in [0.717, 1.165) is 35.9 Å². The minimum atomic E-state index is 0.663. The van der Waals surface area contributed by atoms with Gasteiger partial charge in [0.25, 0.3) is 0 Å². The van der Waals surface area contributed by atoms with Crippen molar-refractivity contribution in [2.45, 2.75) is 27.2 Å². The van der Waals surface area contributed by atoms with E-state index < -0.39 is 0 Å². The molecule has 4 nitrogen and oxygen atoms in total. The molecule has 0 radical (unpaired) electrons. The molecule has 6 rings (SSSR count). The predicted molar refractivity (Wildman–Crippen MR) is 123 cm³/mol. The van der Waals surface area contributed by atoms with Crippen molar-refractivity contribution in [1.29, 1.82) is 0 Å². The average Bonchev–Trinajstić information content (AvgIpc) is 3.43. The van der Waals surface area contributed by atoms with Crippen LogP contribution in [0.3, 0.4) is 0 Å². The van der Waals surface area contributed by atoms with Crippen molar-refractivity contribution in [1.82, 2.24) is 0 Å². The van der Waals surface area contributed by atoms with Crippen LogP contribution in [0.4, 0.5) is 0 Å². The highest BCUT2D eigenvalue weighted by Crippen LogP contribution is 2.30. The summed E-state index contributed by atoms with van der Waals surface area (Å²) in [7, 11) is 0. The van der Waals surface area contributed by atoms with Gasteiger partial charge < -0.3 is 18.6 Å². The summed E-state index contributed by atoms with van der Waals surface area (Å²) in [6.07, 6.45) is 2.79. The third-order valence-corrected chi connectivity index (χ3v) is 5.15. The lowest BCUT2D eigenvalue weighted by Crippen LogP contribution is -2.15. The molecule has 0 fully saturated rings. The first kappa shape index (κ1) is 20.9. The highest BCUT2D eigenvalue weighted by Gasteiger charge is 2.10. The molecule has 0 spiro atoms. The smallest absolute Gasteiger partial charge is 0.161 e. The summed E-state index contributed by atoms with van der Waals surface area (Å²) in [6.45, 7) is 8.41. The average molecular weight is 417 g/mol. The van der Waals surface area contributed by atoms with Gasteiger partial charge in [-0.15, -0.1) is 0 Å². The zero-order valence-corrected chi connectivity index (χ0v) is 18.3. The van der Waals surface area contributed by atoms with Gasteiger partial charge in [0, 0.05) is 11.8 Å². The van der Waals surface area contributed by atoms with Crippen molar-refractivity contribution in [3.63, 3.8) is 0 Å². The second kappa shape index (κ2) is 9.61. The molecule has 0 N–H and O–H groups in total. The van der Waals surface area contributed by atoms with Crippen LogP contribution < -0.4 is 14.2 Å². The molecule has 4 heteroatoms. The van der Waals surface area contributed by atoms with Crippen molar-refractivity contribution in [2.24, 2.45) is 0 Å². The summed E-state index contributed by atoms with van der Waals surface area (Å²) < 4.78 is 21.3. The van der Waals surface area contributed by atoms with Gasteiger partial charge in [-0.1, -0.05) is 35.4 Å². The van der Waals surface area contributed by atoms with Crippen LogP contribution in [-0.4, -0.2) is 19.8 Å². The molecular formula is C27H28O4. The summed E-state index contributed by atoms with van der Waals surface area (Å²) in [5.41, 5.74) is 6.12. The van der Waals surface area contributed by atoms with E-state index >= 15 is 0 Å². The lowest BCUT2D eigenvalue weighted by molar-refractivity contribution is 0.171. The van der Waals surface area contributed by atoms with E-state index in [1.54, 1.807) is 6.26 Å².